The Labute approximate surface area is 119 Å². The molecule has 1 aromatic carbocycles. The van der Waals surface area contributed by atoms with Crippen LogP contribution in [0.3, 0.4) is 0 Å². The quantitative estimate of drug-likeness (QED) is 0.398. The average molecular weight is 282 g/mol. The molecule has 0 aliphatic heterocycles. The van der Waals surface area contributed by atoms with Gasteiger partial charge in [-0.3, -0.25) is 10.1 Å². The first kappa shape index (κ1) is 16.4. The standard InChI is InChI=1S/C15H23FN2O2/c1-3-4-5-6-7-8-12(2)17-13-9-10-15(18(19)20)14(16)11-13/h9-12,17H,3-8H2,1-2H3. The number of unbranched alkanes of at least 4 members (excludes halogenated alkanes) is 4. The lowest BCUT2D eigenvalue weighted by molar-refractivity contribution is -0.387. The zero-order valence-electron chi connectivity index (χ0n) is 12.2. The molecule has 1 unspecified atom stereocenters. The summed E-state index contributed by atoms with van der Waals surface area (Å²) in [5, 5.41) is 13.7. The zero-order valence-corrected chi connectivity index (χ0v) is 12.2. The third-order valence-corrected chi connectivity index (χ3v) is 3.30. The van der Waals surface area contributed by atoms with Crippen LogP contribution in [-0.2, 0) is 0 Å². The van der Waals surface area contributed by atoms with Crippen molar-refractivity contribution in [3.05, 3.63) is 34.1 Å². The summed E-state index contributed by atoms with van der Waals surface area (Å²) in [6, 6.07) is 4.17. The van der Waals surface area contributed by atoms with Crippen molar-refractivity contribution < 1.29 is 9.31 Å². The number of nitrogens with zero attached hydrogens (tertiary/aromatic N) is 1. The molecule has 0 saturated carbocycles. The van der Waals surface area contributed by atoms with Crippen LogP contribution >= 0.6 is 0 Å². The molecular weight excluding hydrogens is 259 g/mol. The first-order valence-corrected chi connectivity index (χ1v) is 7.25. The minimum atomic E-state index is -0.796. The Morgan fingerprint density at radius 3 is 2.60 bits per heavy atom. The molecule has 20 heavy (non-hydrogen) atoms. The van der Waals surface area contributed by atoms with Gasteiger partial charge in [-0.25, -0.2) is 0 Å². The van der Waals surface area contributed by atoms with E-state index < -0.39 is 16.4 Å². The number of anilines is 1. The summed E-state index contributed by atoms with van der Waals surface area (Å²) in [5.74, 6) is -0.796. The number of nitro benzene ring substituents is 1. The van der Waals surface area contributed by atoms with E-state index in [1.54, 1.807) is 6.07 Å². The molecule has 0 amide bonds. The first-order chi connectivity index (χ1) is 9.54. The fourth-order valence-corrected chi connectivity index (χ4v) is 2.16. The maximum Gasteiger partial charge on any atom is 0.304 e. The van der Waals surface area contributed by atoms with Crippen molar-refractivity contribution in [1.29, 1.82) is 0 Å². The molecule has 0 fully saturated rings. The van der Waals surface area contributed by atoms with Crippen LogP contribution in [-0.4, -0.2) is 11.0 Å². The number of nitro groups is 1. The van der Waals surface area contributed by atoms with E-state index in [1.807, 2.05) is 6.92 Å². The highest BCUT2D eigenvalue weighted by atomic mass is 19.1. The first-order valence-electron chi connectivity index (χ1n) is 7.25. The highest BCUT2D eigenvalue weighted by molar-refractivity contribution is 5.50. The van der Waals surface area contributed by atoms with E-state index in [9.17, 15) is 14.5 Å². The van der Waals surface area contributed by atoms with Crippen molar-refractivity contribution in [3.8, 4) is 0 Å². The second-order valence-corrected chi connectivity index (χ2v) is 5.17. The molecule has 1 rings (SSSR count). The van der Waals surface area contributed by atoms with Gasteiger partial charge >= 0.3 is 5.69 Å². The van der Waals surface area contributed by atoms with E-state index in [0.29, 0.717) is 5.69 Å². The Kier molecular flexibility index (Phi) is 6.98. The third-order valence-electron chi connectivity index (χ3n) is 3.30. The second-order valence-electron chi connectivity index (χ2n) is 5.17. The smallest absolute Gasteiger partial charge is 0.304 e. The average Bonchev–Trinajstić information content (AvgIpc) is 2.38. The molecule has 0 saturated heterocycles. The topological polar surface area (TPSA) is 55.2 Å². The van der Waals surface area contributed by atoms with Crippen LogP contribution in [0.5, 0.6) is 0 Å². The van der Waals surface area contributed by atoms with Crippen LogP contribution in [0.4, 0.5) is 15.8 Å². The van der Waals surface area contributed by atoms with E-state index >= 15 is 0 Å². The van der Waals surface area contributed by atoms with Gasteiger partial charge < -0.3 is 5.32 Å². The molecule has 0 aliphatic carbocycles. The predicted octanol–water partition coefficient (Wildman–Crippen LogP) is 4.89. The largest absolute Gasteiger partial charge is 0.383 e. The second kappa shape index (κ2) is 8.51. The summed E-state index contributed by atoms with van der Waals surface area (Å²) in [7, 11) is 0. The van der Waals surface area contributed by atoms with Gasteiger partial charge in [-0.2, -0.15) is 4.39 Å². The maximum atomic E-state index is 13.5. The molecule has 1 atom stereocenters. The Morgan fingerprint density at radius 2 is 2.00 bits per heavy atom. The van der Waals surface area contributed by atoms with E-state index in [0.717, 1.165) is 12.8 Å². The SMILES string of the molecule is CCCCCCCC(C)Nc1ccc([N+](=O)[O-])c(F)c1. The summed E-state index contributed by atoms with van der Waals surface area (Å²) < 4.78 is 13.5. The Morgan fingerprint density at radius 1 is 1.30 bits per heavy atom. The molecular formula is C15H23FN2O2. The number of nitrogens with one attached hydrogen (secondary N) is 1. The predicted molar refractivity (Wildman–Crippen MR) is 79.5 cm³/mol. The maximum absolute atomic E-state index is 13.5. The van der Waals surface area contributed by atoms with Gasteiger partial charge in [0.05, 0.1) is 4.92 Å². The molecule has 0 aliphatic rings. The highest BCUT2D eigenvalue weighted by Gasteiger charge is 2.14. The summed E-state index contributed by atoms with van der Waals surface area (Å²) in [5.41, 5.74) is 0.108. The van der Waals surface area contributed by atoms with E-state index in [-0.39, 0.29) is 6.04 Å². The van der Waals surface area contributed by atoms with Crippen molar-refractivity contribution in [2.24, 2.45) is 0 Å². The van der Waals surface area contributed by atoms with E-state index in [2.05, 4.69) is 12.2 Å². The van der Waals surface area contributed by atoms with Gasteiger partial charge in [0.25, 0.3) is 0 Å². The monoisotopic (exact) mass is 282 g/mol. The minimum Gasteiger partial charge on any atom is -0.383 e. The van der Waals surface area contributed by atoms with Crippen LogP contribution in [0.2, 0.25) is 0 Å². The summed E-state index contributed by atoms with van der Waals surface area (Å²) >= 11 is 0. The lowest BCUT2D eigenvalue weighted by Gasteiger charge is -2.15. The Bertz CT molecular complexity index is 438. The molecule has 1 aromatic rings. The van der Waals surface area contributed by atoms with Gasteiger partial charge in [0.15, 0.2) is 0 Å². The summed E-state index contributed by atoms with van der Waals surface area (Å²) in [6.45, 7) is 4.23. The molecule has 4 nitrogen and oxygen atoms in total. The van der Waals surface area contributed by atoms with Gasteiger partial charge in [-0.1, -0.05) is 39.0 Å². The fourth-order valence-electron chi connectivity index (χ4n) is 2.16. The van der Waals surface area contributed by atoms with Gasteiger partial charge in [-0.05, 0) is 19.4 Å². The molecule has 0 spiro atoms. The molecule has 0 aromatic heterocycles. The van der Waals surface area contributed by atoms with Gasteiger partial charge in [-0.15, -0.1) is 0 Å². The fraction of sp³-hybridized carbons (Fsp3) is 0.600. The van der Waals surface area contributed by atoms with Crippen molar-refractivity contribution in [2.75, 3.05) is 5.32 Å². The molecule has 1 N–H and O–H groups in total. The molecule has 112 valence electrons. The normalized spacial score (nSPS) is 12.2. The molecule has 0 heterocycles. The van der Waals surface area contributed by atoms with E-state index in [1.165, 1.54) is 37.8 Å². The van der Waals surface area contributed by atoms with Crippen molar-refractivity contribution >= 4 is 11.4 Å². The number of hydrogen-bond donors (Lipinski definition) is 1. The third kappa shape index (κ3) is 5.55. The van der Waals surface area contributed by atoms with Crippen LogP contribution in [0.25, 0.3) is 0 Å². The van der Waals surface area contributed by atoms with Crippen LogP contribution in [0.1, 0.15) is 52.4 Å². The van der Waals surface area contributed by atoms with Crippen LogP contribution in [0.15, 0.2) is 18.2 Å². The Hall–Kier alpha value is -1.65. The number of hydrogen-bond acceptors (Lipinski definition) is 3. The van der Waals surface area contributed by atoms with Crippen molar-refractivity contribution in [2.45, 2.75) is 58.4 Å². The number of rotatable bonds is 9. The number of benzene rings is 1. The van der Waals surface area contributed by atoms with Crippen molar-refractivity contribution in [3.63, 3.8) is 0 Å². The van der Waals surface area contributed by atoms with Crippen LogP contribution in [0, 0.1) is 15.9 Å². The zero-order chi connectivity index (χ0) is 15.0. The molecule has 5 heteroatoms. The summed E-state index contributed by atoms with van der Waals surface area (Å²) in [4.78, 5) is 9.82. The highest BCUT2D eigenvalue weighted by Crippen LogP contribution is 2.22. The van der Waals surface area contributed by atoms with Gasteiger partial charge in [0, 0.05) is 23.9 Å². The Balaban J connectivity index is 2.40. The summed E-state index contributed by atoms with van der Waals surface area (Å²) in [6.07, 6.45) is 7.14. The molecule has 0 radical (unpaired) electrons. The lowest BCUT2D eigenvalue weighted by Crippen LogP contribution is -2.15. The van der Waals surface area contributed by atoms with Crippen molar-refractivity contribution in [1.82, 2.24) is 0 Å². The minimum absolute atomic E-state index is 0.234. The molecule has 0 bridgehead atoms. The van der Waals surface area contributed by atoms with Gasteiger partial charge in [0.1, 0.15) is 0 Å². The van der Waals surface area contributed by atoms with E-state index in [4.69, 9.17) is 0 Å². The van der Waals surface area contributed by atoms with Gasteiger partial charge in [0.2, 0.25) is 5.82 Å². The number of halogens is 1. The lowest BCUT2D eigenvalue weighted by atomic mass is 10.1. The van der Waals surface area contributed by atoms with Crippen LogP contribution < -0.4 is 5.32 Å².